The fraction of sp³-hybridized carbons (Fsp3) is 0.467. The molecule has 1 aromatic carbocycles. The molecule has 0 aromatic heterocycles. The van der Waals surface area contributed by atoms with E-state index in [9.17, 15) is 18.4 Å². The van der Waals surface area contributed by atoms with Crippen LogP contribution >= 0.6 is 0 Å². The average molecular weight is 298 g/mol. The summed E-state index contributed by atoms with van der Waals surface area (Å²) in [5.41, 5.74) is -0.269. The zero-order valence-corrected chi connectivity index (χ0v) is 12.7. The Morgan fingerprint density at radius 2 is 1.81 bits per heavy atom. The van der Waals surface area contributed by atoms with Gasteiger partial charge in [0.25, 0.3) is 0 Å². The van der Waals surface area contributed by atoms with Crippen LogP contribution in [0.25, 0.3) is 0 Å². The summed E-state index contributed by atoms with van der Waals surface area (Å²) >= 11 is 0. The van der Waals surface area contributed by atoms with Crippen molar-refractivity contribution in [1.82, 2.24) is 5.32 Å². The summed E-state index contributed by atoms with van der Waals surface area (Å²) in [6.07, 6.45) is 0. The number of halogens is 2. The summed E-state index contributed by atoms with van der Waals surface area (Å²) in [7, 11) is 0. The average Bonchev–Trinajstić information content (AvgIpc) is 2.36. The van der Waals surface area contributed by atoms with Gasteiger partial charge in [0.15, 0.2) is 11.6 Å². The van der Waals surface area contributed by atoms with Gasteiger partial charge in [-0.1, -0.05) is 20.8 Å². The summed E-state index contributed by atoms with van der Waals surface area (Å²) in [5.74, 6) is -2.44. The van der Waals surface area contributed by atoms with Gasteiger partial charge in [-0.05, 0) is 12.1 Å². The van der Waals surface area contributed by atoms with Gasteiger partial charge in [0.2, 0.25) is 11.8 Å². The minimum absolute atomic E-state index is 0.142. The molecule has 1 aromatic rings. The third-order valence-corrected chi connectivity index (χ3v) is 2.90. The number of amides is 2. The number of carbonyl (C=O) groups is 2. The van der Waals surface area contributed by atoms with Gasteiger partial charge in [0, 0.05) is 37.2 Å². The highest BCUT2D eigenvalue weighted by molar-refractivity contribution is 5.91. The molecule has 6 heteroatoms. The number of benzene rings is 1. The number of nitrogens with zero attached hydrogens (tertiary/aromatic N) is 1. The molecular formula is C15H20F2N2O2. The first kappa shape index (κ1) is 17.1. The van der Waals surface area contributed by atoms with Gasteiger partial charge in [0.1, 0.15) is 0 Å². The van der Waals surface area contributed by atoms with Crippen LogP contribution in [-0.4, -0.2) is 24.9 Å². The minimum Gasteiger partial charge on any atom is -0.354 e. The summed E-state index contributed by atoms with van der Waals surface area (Å²) in [4.78, 5) is 24.6. The molecule has 21 heavy (non-hydrogen) atoms. The van der Waals surface area contributed by atoms with Crippen LogP contribution < -0.4 is 10.2 Å². The Kier molecular flexibility index (Phi) is 5.41. The molecule has 0 aliphatic heterocycles. The van der Waals surface area contributed by atoms with Crippen LogP contribution in [0.5, 0.6) is 0 Å². The van der Waals surface area contributed by atoms with Crippen molar-refractivity contribution in [2.24, 2.45) is 5.41 Å². The van der Waals surface area contributed by atoms with Crippen molar-refractivity contribution in [3.05, 3.63) is 29.8 Å². The Labute approximate surface area is 123 Å². The molecule has 0 aliphatic rings. The van der Waals surface area contributed by atoms with E-state index in [1.165, 1.54) is 17.9 Å². The molecule has 0 heterocycles. The molecule has 0 radical (unpaired) electrons. The van der Waals surface area contributed by atoms with Gasteiger partial charge in [-0.25, -0.2) is 8.78 Å². The van der Waals surface area contributed by atoms with E-state index >= 15 is 0 Å². The van der Waals surface area contributed by atoms with Gasteiger partial charge < -0.3 is 10.2 Å². The first-order valence-electron chi connectivity index (χ1n) is 6.64. The zero-order chi connectivity index (χ0) is 16.2. The zero-order valence-electron chi connectivity index (χ0n) is 12.7. The Hall–Kier alpha value is -1.98. The second-order valence-electron chi connectivity index (χ2n) is 5.77. The number of anilines is 1. The molecule has 0 aliphatic carbocycles. The summed E-state index contributed by atoms with van der Waals surface area (Å²) in [6, 6.07) is 3.25. The third kappa shape index (κ3) is 4.81. The molecule has 0 saturated carbocycles. The Morgan fingerprint density at radius 1 is 1.19 bits per heavy atom. The number of rotatable bonds is 4. The van der Waals surface area contributed by atoms with Gasteiger partial charge in [-0.15, -0.1) is 0 Å². The lowest BCUT2D eigenvalue weighted by Gasteiger charge is -2.23. The van der Waals surface area contributed by atoms with Crippen molar-refractivity contribution in [3.63, 3.8) is 0 Å². The molecule has 2 amide bonds. The second kappa shape index (κ2) is 6.65. The predicted octanol–water partition coefficient (Wildman–Crippen LogP) is 2.48. The maximum absolute atomic E-state index is 13.2. The molecule has 1 N–H and O–H groups in total. The molecule has 0 atom stereocenters. The van der Waals surface area contributed by atoms with Crippen LogP contribution in [0.2, 0.25) is 0 Å². The van der Waals surface area contributed by atoms with E-state index in [1.54, 1.807) is 20.8 Å². The fourth-order valence-electron chi connectivity index (χ4n) is 1.67. The first-order valence-corrected chi connectivity index (χ1v) is 6.64. The number of hydrogen-bond acceptors (Lipinski definition) is 2. The molecule has 0 fully saturated rings. The molecule has 0 unspecified atom stereocenters. The number of carbonyl (C=O) groups excluding carboxylic acids is 2. The van der Waals surface area contributed by atoms with Crippen LogP contribution in [0.4, 0.5) is 14.5 Å². The van der Waals surface area contributed by atoms with E-state index < -0.39 is 17.0 Å². The van der Waals surface area contributed by atoms with E-state index in [1.807, 2.05) is 0 Å². The van der Waals surface area contributed by atoms with E-state index in [-0.39, 0.29) is 30.6 Å². The largest absolute Gasteiger partial charge is 0.354 e. The second-order valence-corrected chi connectivity index (χ2v) is 5.77. The van der Waals surface area contributed by atoms with Gasteiger partial charge in [-0.2, -0.15) is 0 Å². The van der Waals surface area contributed by atoms with Crippen molar-refractivity contribution in [3.8, 4) is 0 Å². The molecule has 1 rings (SSSR count). The van der Waals surface area contributed by atoms with Gasteiger partial charge >= 0.3 is 0 Å². The lowest BCUT2D eigenvalue weighted by Crippen LogP contribution is -2.41. The lowest BCUT2D eigenvalue weighted by molar-refractivity contribution is -0.128. The fourth-order valence-corrected chi connectivity index (χ4v) is 1.67. The molecule has 0 saturated heterocycles. The van der Waals surface area contributed by atoms with Crippen LogP contribution in [0.15, 0.2) is 18.2 Å². The van der Waals surface area contributed by atoms with Crippen LogP contribution in [0.3, 0.4) is 0 Å². The van der Waals surface area contributed by atoms with E-state index in [2.05, 4.69) is 5.32 Å². The SMILES string of the molecule is CC(=O)N(CCNC(=O)C(C)(C)C)c1ccc(F)c(F)c1. The molecule has 4 nitrogen and oxygen atoms in total. The normalized spacial score (nSPS) is 11.1. The molecular weight excluding hydrogens is 278 g/mol. The Balaban J connectivity index is 2.73. The highest BCUT2D eigenvalue weighted by Gasteiger charge is 2.21. The van der Waals surface area contributed by atoms with Crippen LogP contribution in [0.1, 0.15) is 27.7 Å². The minimum atomic E-state index is -1.02. The van der Waals surface area contributed by atoms with Crippen molar-refractivity contribution in [2.75, 3.05) is 18.0 Å². The van der Waals surface area contributed by atoms with Crippen LogP contribution in [0, 0.1) is 17.0 Å². The van der Waals surface area contributed by atoms with E-state index in [4.69, 9.17) is 0 Å². The highest BCUT2D eigenvalue weighted by atomic mass is 19.2. The standard InChI is InChI=1S/C15H20F2N2O2/c1-10(20)19(8-7-18-14(21)15(2,3)4)11-5-6-12(16)13(17)9-11/h5-6,9H,7-8H2,1-4H3,(H,18,21). The van der Waals surface area contributed by atoms with Crippen LogP contribution in [-0.2, 0) is 9.59 Å². The van der Waals surface area contributed by atoms with Gasteiger partial charge in [-0.3, -0.25) is 9.59 Å². The van der Waals surface area contributed by atoms with E-state index in [0.717, 1.165) is 12.1 Å². The highest BCUT2D eigenvalue weighted by Crippen LogP contribution is 2.18. The van der Waals surface area contributed by atoms with Crippen molar-refractivity contribution >= 4 is 17.5 Å². The summed E-state index contributed by atoms with van der Waals surface area (Å²) in [5, 5.41) is 2.70. The quantitative estimate of drug-likeness (QED) is 0.928. The Morgan fingerprint density at radius 3 is 2.29 bits per heavy atom. The predicted molar refractivity (Wildman–Crippen MR) is 76.8 cm³/mol. The summed E-state index contributed by atoms with van der Waals surface area (Å²) < 4.78 is 26.1. The summed E-state index contributed by atoms with van der Waals surface area (Å²) in [6.45, 7) is 7.07. The van der Waals surface area contributed by atoms with Gasteiger partial charge in [0.05, 0.1) is 0 Å². The maximum Gasteiger partial charge on any atom is 0.225 e. The van der Waals surface area contributed by atoms with E-state index in [0.29, 0.717) is 0 Å². The molecule has 0 bridgehead atoms. The molecule has 116 valence electrons. The van der Waals surface area contributed by atoms with Crippen molar-refractivity contribution in [2.45, 2.75) is 27.7 Å². The lowest BCUT2D eigenvalue weighted by atomic mass is 9.96. The van der Waals surface area contributed by atoms with Crippen molar-refractivity contribution < 1.29 is 18.4 Å². The first-order chi connectivity index (χ1) is 9.62. The topological polar surface area (TPSA) is 49.4 Å². The monoisotopic (exact) mass is 298 g/mol. The maximum atomic E-state index is 13.2. The Bertz CT molecular complexity index is 539. The smallest absolute Gasteiger partial charge is 0.225 e. The third-order valence-electron chi connectivity index (χ3n) is 2.90. The van der Waals surface area contributed by atoms with Crippen molar-refractivity contribution in [1.29, 1.82) is 0 Å². The molecule has 0 spiro atoms. The number of hydrogen-bond donors (Lipinski definition) is 1. The number of nitrogens with one attached hydrogen (secondary N) is 1.